The van der Waals surface area contributed by atoms with Crippen molar-refractivity contribution < 1.29 is 18.3 Å². The van der Waals surface area contributed by atoms with Crippen LogP contribution in [0.4, 0.5) is 4.79 Å². The number of carbonyl (C=O) groups excluding carboxylic acids is 1. The van der Waals surface area contributed by atoms with Gasteiger partial charge in [0, 0.05) is 47.0 Å². The Kier molecular flexibility index (Phi) is 5.82. The number of piperidine rings is 2. The van der Waals surface area contributed by atoms with E-state index in [0.29, 0.717) is 41.6 Å². The number of amides is 2. The summed E-state index contributed by atoms with van der Waals surface area (Å²) in [7, 11) is -3.74. The SMILES string of the molecule is O=C(N[C@H]1CCCN(S(=O)(=O)c2ccc(Cl)c3ccccc23)C1)N1C2CCC1CC(O)C2. The zero-order valence-electron chi connectivity index (χ0n) is 17.8. The van der Waals surface area contributed by atoms with E-state index in [1.807, 2.05) is 17.0 Å². The first-order valence-corrected chi connectivity index (χ1v) is 13.1. The van der Waals surface area contributed by atoms with Crippen LogP contribution in [-0.2, 0) is 10.0 Å². The van der Waals surface area contributed by atoms with Gasteiger partial charge in [-0.15, -0.1) is 0 Å². The zero-order valence-corrected chi connectivity index (χ0v) is 19.4. The fraction of sp³-hybridized carbons (Fsp3) is 0.522. The molecule has 2 aromatic carbocycles. The molecular formula is C23H28ClN3O4S. The Hall–Kier alpha value is -1.87. The van der Waals surface area contributed by atoms with Crippen molar-refractivity contribution in [1.29, 1.82) is 0 Å². The molecule has 3 heterocycles. The summed E-state index contributed by atoms with van der Waals surface area (Å²) in [6.07, 6.45) is 4.18. The van der Waals surface area contributed by atoms with Gasteiger partial charge in [-0.3, -0.25) is 0 Å². The first-order chi connectivity index (χ1) is 15.3. The third kappa shape index (κ3) is 3.87. The molecule has 0 spiro atoms. The number of fused-ring (bicyclic) bond motifs is 3. The highest BCUT2D eigenvalue weighted by Gasteiger charge is 2.43. The molecule has 3 fully saturated rings. The lowest BCUT2D eigenvalue weighted by Gasteiger charge is -2.39. The summed E-state index contributed by atoms with van der Waals surface area (Å²) in [4.78, 5) is 15.1. The smallest absolute Gasteiger partial charge is 0.318 e. The summed E-state index contributed by atoms with van der Waals surface area (Å²) in [6.45, 7) is 0.670. The van der Waals surface area contributed by atoms with Gasteiger partial charge in [-0.1, -0.05) is 35.9 Å². The van der Waals surface area contributed by atoms with Crippen LogP contribution in [0.3, 0.4) is 0 Å². The summed E-state index contributed by atoms with van der Waals surface area (Å²) in [5.74, 6) is 0. The number of nitrogens with zero attached hydrogens (tertiary/aromatic N) is 2. The van der Waals surface area contributed by atoms with Gasteiger partial charge >= 0.3 is 6.03 Å². The quantitative estimate of drug-likeness (QED) is 0.709. The van der Waals surface area contributed by atoms with Crippen molar-refractivity contribution in [3.63, 3.8) is 0 Å². The summed E-state index contributed by atoms with van der Waals surface area (Å²) >= 11 is 6.28. The van der Waals surface area contributed by atoms with Crippen LogP contribution < -0.4 is 5.32 Å². The Labute approximate surface area is 193 Å². The minimum atomic E-state index is -3.74. The molecule has 3 saturated heterocycles. The van der Waals surface area contributed by atoms with E-state index >= 15 is 0 Å². The number of hydrogen-bond donors (Lipinski definition) is 2. The van der Waals surface area contributed by atoms with Crippen molar-refractivity contribution >= 4 is 38.4 Å². The van der Waals surface area contributed by atoms with Gasteiger partial charge in [-0.25, -0.2) is 13.2 Å². The molecular weight excluding hydrogens is 450 g/mol. The number of carbonyl (C=O) groups is 1. The highest BCUT2D eigenvalue weighted by atomic mass is 35.5. The lowest BCUT2D eigenvalue weighted by molar-refractivity contribution is 0.0528. The number of aliphatic hydroxyl groups excluding tert-OH is 1. The number of urea groups is 1. The van der Waals surface area contributed by atoms with Crippen LogP contribution in [0.25, 0.3) is 10.8 Å². The van der Waals surface area contributed by atoms with Crippen molar-refractivity contribution in [3.8, 4) is 0 Å². The molecule has 0 aliphatic carbocycles. The van der Waals surface area contributed by atoms with E-state index in [0.717, 1.165) is 19.3 Å². The number of aliphatic hydroxyl groups is 1. The Morgan fingerprint density at radius 3 is 2.44 bits per heavy atom. The van der Waals surface area contributed by atoms with Gasteiger partial charge in [0.2, 0.25) is 10.0 Å². The van der Waals surface area contributed by atoms with Gasteiger partial charge in [0.15, 0.2) is 0 Å². The lowest BCUT2D eigenvalue weighted by Crippen LogP contribution is -2.57. The van der Waals surface area contributed by atoms with Gasteiger partial charge in [0.05, 0.1) is 11.0 Å². The topological polar surface area (TPSA) is 90.0 Å². The van der Waals surface area contributed by atoms with Gasteiger partial charge in [-0.05, 0) is 50.7 Å². The normalized spacial score (nSPS) is 28.8. The van der Waals surface area contributed by atoms with E-state index < -0.39 is 10.0 Å². The van der Waals surface area contributed by atoms with Crippen molar-refractivity contribution in [2.45, 2.75) is 67.6 Å². The van der Waals surface area contributed by atoms with E-state index in [2.05, 4.69) is 5.32 Å². The van der Waals surface area contributed by atoms with Gasteiger partial charge in [-0.2, -0.15) is 4.31 Å². The van der Waals surface area contributed by atoms with Gasteiger partial charge in [0.1, 0.15) is 0 Å². The molecule has 3 aliphatic heterocycles. The maximum atomic E-state index is 13.5. The molecule has 0 aromatic heterocycles. The molecule has 32 heavy (non-hydrogen) atoms. The van der Waals surface area contributed by atoms with E-state index in [-0.39, 0.29) is 41.7 Å². The highest BCUT2D eigenvalue weighted by Crippen LogP contribution is 2.36. The third-order valence-electron chi connectivity index (χ3n) is 7.10. The molecule has 2 aromatic rings. The van der Waals surface area contributed by atoms with Crippen molar-refractivity contribution in [1.82, 2.24) is 14.5 Å². The second kappa shape index (κ2) is 8.48. The van der Waals surface area contributed by atoms with Crippen LogP contribution in [0, 0.1) is 0 Å². The summed E-state index contributed by atoms with van der Waals surface area (Å²) < 4.78 is 28.5. The number of benzene rings is 2. The molecule has 3 aliphatic rings. The van der Waals surface area contributed by atoms with Crippen LogP contribution >= 0.6 is 11.6 Å². The monoisotopic (exact) mass is 477 g/mol. The fourth-order valence-corrected chi connectivity index (χ4v) is 7.55. The number of hydrogen-bond acceptors (Lipinski definition) is 4. The molecule has 172 valence electrons. The van der Waals surface area contributed by atoms with Crippen molar-refractivity contribution in [2.24, 2.45) is 0 Å². The third-order valence-corrected chi connectivity index (χ3v) is 9.36. The maximum Gasteiger partial charge on any atom is 0.318 e. The predicted octanol–water partition coefficient (Wildman–Crippen LogP) is 3.34. The number of nitrogens with one attached hydrogen (secondary N) is 1. The Balaban J connectivity index is 1.33. The average molecular weight is 478 g/mol. The molecule has 9 heteroatoms. The van der Waals surface area contributed by atoms with Crippen molar-refractivity contribution in [3.05, 3.63) is 41.4 Å². The van der Waals surface area contributed by atoms with Gasteiger partial charge < -0.3 is 15.3 Å². The summed E-state index contributed by atoms with van der Waals surface area (Å²) in [5.41, 5.74) is 0. The maximum absolute atomic E-state index is 13.5. The van der Waals surface area contributed by atoms with Crippen molar-refractivity contribution in [2.75, 3.05) is 13.1 Å². The first-order valence-electron chi connectivity index (χ1n) is 11.3. The summed E-state index contributed by atoms with van der Waals surface area (Å²) in [6, 6.07) is 10.2. The Morgan fingerprint density at radius 1 is 1.03 bits per heavy atom. The second-order valence-electron chi connectivity index (χ2n) is 9.16. The van der Waals surface area contributed by atoms with Crippen LogP contribution in [0.1, 0.15) is 38.5 Å². The molecule has 5 rings (SSSR count). The van der Waals surface area contributed by atoms with Crippen LogP contribution in [-0.4, -0.2) is 66.1 Å². The highest BCUT2D eigenvalue weighted by molar-refractivity contribution is 7.89. The molecule has 2 bridgehead atoms. The largest absolute Gasteiger partial charge is 0.393 e. The molecule has 3 atom stereocenters. The number of sulfonamides is 1. The fourth-order valence-electron chi connectivity index (χ4n) is 5.61. The average Bonchev–Trinajstić information content (AvgIpc) is 3.05. The molecule has 0 saturated carbocycles. The first kappa shape index (κ1) is 21.9. The summed E-state index contributed by atoms with van der Waals surface area (Å²) in [5, 5.41) is 14.9. The Bertz CT molecular complexity index is 1130. The van der Waals surface area contributed by atoms with Crippen LogP contribution in [0.15, 0.2) is 41.3 Å². The van der Waals surface area contributed by atoms with Crippen LogP contribution in [0.5, 0.6) is 0 Å². The predicted molar refractivity (Wildman–Crippen MR) is 123 cm³/mol. The molecule has 7 nitrogen and oxygen atoms in total. The number of halogens is 1. The Morgan fingerprint density at radius 2 is 1.72 bits per heavy atom. The molecule has 2 N–H and O–H groups in total. The van der Waals surface area contributed by atoms with Gasteiger partial charge in [0.25, 0.3) is 0 Å². The van der Waals surface area contributed by atoms with E-state index in [1.165, 1.54) is 4.31 Å². The minimum Gasteiger partial charge on any atom is -0.393 e. The minimum absolute atomic E-state index is 0.0765. The molecule has 2 amide bonds. The van der Waals surface area contributed by atoms with Crippen LogP contribution in [0.2, 0.25) is 5.02 Å². The second-order valence-corrected chi connectivity index (χ2v) is 11.5. The molecule has 2 unspecified atom stereocenters. The standard InChI is InChI=1S/C23H28ClN3O4S/c24-21-9-10-22(20-6-2-1-5-19(20)21)32(30,31)26-11-3-4-15(14-26)25-23(29)27-16-7-8-17(27)13-18(28)12-16/h1-2,5-6,9-10,15-18,28H,3-4,7-8,11-14H2,(H,25,29)/t15-,16?,17?,18?/m0/s1. The molecule has 0 radical (unpaired) electrons. The van der Waals surface area contributed by atoms with E-state index in [9.17, 15) is 18.3 Å². The zero-order chi connectivity index (χ0) is 22.5. The lowest BCUT2D eigenvalue weighted by atomic mass is 10.0. The van der Waals surface area contributed by atoms with E-state index in [1.54, 1.807) is 24.3 Å². The van der Waals surface area contributed by atoms with E-state index in [4.69, 9.17) is 11.6 Å². The number of rotatable bonds is 3.